The van der Waals surface area contributed by atoms with Crippen LogP contribution in [0.1, 0.15) is 6.42 Å². The fourth-order valence-corrected chi connectivity index (χ4v) is 4.61. The Labute approximate surface area is 108 Å². The summed E-state index contributed by atoms with van der Waals surface area (Å²) >= 11 is 0. The van der Waals surface area contributed by atoms with Crippen molar-refractivity contribution < 1.29 is 8.42 Å². The van der Waals surface area contributed by atoms with Crippen LogP contribution in [0.5, 0.6) is 0 Å². The average molecular weight is 266 g/mol. The van der Waals surface area contributed by atoms with E-state index < -0.39 is 10.0 Å². The molecule has 0 amide bonds. The third-order valence-corrected chi connectivity index (χ3v) is 6.02. The zero-order valence-corrected chi connectivity index (χ0v) is 11.3. The highest BCUT2D eigenvalue weighted by Gasteiger charge is 2.43. The van der Waals surface area contributed by atoms with Gasteiger partial charge in [0.05, 0.1) is 4.90 Å². The quantitative estimate of drug-likeness (QED) is 0.802. The molecule has 1 aromatic rings. The van der Waals surface area contributed by atoms with E-state index in [1.165, 1.54) is 0 Å². The molecule has 3 rings (SSSR count). The molecule has 2 fully saturated rings. The SMILES string of the molecule is CN1CC[C@H]2CN(S(=O)(=O)c3ccccc3)C[C@H]21. The molecule has 1 aromatic carbocycles. The molecule has 0 bridgehead atoms. The Balaban J connectivity index is 1.85. The van der Waals surface area contributed by atoms with Crippen molar-refractivity contribution in [3.05, 3.63) is 30.3 Å². The second-order valence-electron chi connectivity index (χ2n) is 5.23. The van der Waals surface area contributed by atoms with Crippen LogP contribution in [0.4, 0.5) is 0 Å². The van der Waals surface area contributed by atoms with E-state index in [1.54, 1.807) is 28.6 Å². The molecule has 0 radical (unpaired) electrons. The summed E-state index contributed by atoms with van der Waals surface area (Å²) in [5, 5.41) is 0. The largest absolute Gasteiger partial charge is 0.302 e. The predicted molar refractivity (Wildman–Crippen MR) is 69.7 cm³/mol. The van der Waals surface area contributed by atoms with Gasteiger partial charge >= 0.3 is 0 Å². The van der Waals surface area contributed by atoms with Crippen molar-refractivity contribution in [3.63, 3.8) is 0 Å². The molecule has 0 N–H and O–H groups in total. The van der Waals surface area contributed by atoms with E-state index in [1.807, 2.05) is 6.07 Å². The lowest BCUT2D eigenvalue weighted by molar-refractivity contribution is 0.297. The molecule has 2 aliphatic rings. The molecule has 0 aromatic heterocycles. The molecule has 5 heteroatoms. The van der Waals surface area contributed by atoms with Gasteiger partial charge in [-0.3, -0.25) is 0 Å². The van der Waals surface area contributed by atoms with E-state index in [0.717, 1.165) is 13.0 Å². The third-order valence-electron chi connectivity index (χ3n) is 4.17. The Morgan fingerprint density at radius 3 is 2.56 bits per heavy atom. The van der Waals surface area contributed by atoms with Gasteiger partial charge in [0.25, 0.3) is 0 Å². The van der Waals surface area contributed by atoms with Crippen molar-refractivity contribution in [1.29, 1.82) is 0 Å². The lowest BCUT2D eigenvalue weighted by atomic mass is 10.1. The van der Waals surface area contributed by atoms with Crippen LogP contribution >= 0.6 is 0 Å². The van der Waals surface area contributed by atoms with E-state index in [9.17, 15) is 8.42 Å². The van der Waals surface area contributed by atoms with Gasteiger partial charge in [-0.25, -0.2) is 8.42 Å². The van der Waals surface area contributed by atoms with E-state index >= 15 is 0 Å². The Kier molecular flexibility index (Phi) is 2.92. The number of nitrogens with zero attached hydrogens (tertiary/aromatic N) is 2. The lowest BCUT2D eigenvalue weighted by Crippen LogP contribution is -2.35. The minimum absolute atomic E-state index is 0.406. The molecule has 98 valence electrons. The monoisotopic (exact) mass is 266 g/mol. The third kappa shape index (κ3) is 1.86. The minimum atomic E-state index is -3.30. The van der Waals surface area contributed by atoms with Gasteiger partial charge in [-0.2, -0.15) is 4.31 Å². The van der Waals surface area contributed by atoms with Gasteiger partial charge in [-0.05, 0) is 38.1 Å². The van der Waals surface area contributed by atoms with Gasteiger partial charge in [0.1, 0.15) is 0 Å². The number of hydrogen-bond donors (Lipinski definition) is 0. The predicted octanol–water partition coefficient (Wildman–Crippen LogP) is 1.01. The van der Waals surface area contributed by atoms with Gasteiger partial charge in [0.2, 0.25) is 10.0 Å². The number of likely N-dealkylation sites (N-methyl/N-ethyl adjacent to an activating group) is 1. The summed E-state index contributed by atoms with van der Waals surface area (Å²) < 4.78 is 26.6. The molecule has 18 heavy (non-hydrogen) atoms. The molecule has 0 saturated carbocycles. The lowest BCUT2D eigenvalue weighted by Gasteiger charge is -2.20. The number of benzene rings is 1. The minimum Gasteiger partial charge on any atom is -0.302 e. The maximum Gasteiger partial charge on any atom is 0.243 e. The van der Waals surface area contributed by atoms with Crippen LogP contribution in [0, 0.1) is 5.92 Å². The topological polar surface area (TPSA) is 40.6 Å². The molecular weight excluding hydrogens is 248 g/mol. The van der Waals surface area contributed by atoms with Crippen LogP contribution in [-0.2, 0) is 10.0 Å². The summed E-state index contributed by atoms with van der Waals surface area (Å²) in [6.45, 7) is 2.40. The Morgan fingerprint density at radius 1 is 1.17 bits per heavy atom. The van der Waals surface area contributed by atoms with Crippen LogP contribution in [0.3, 0.4) is 0 Å². The van der Waals surface area contributed by atoms with Crippen molar-refractivity contribution in [3.8, 4) is 0 Å². The fourth-order valence-electron chi connectivity index (χ4n) is 3.07. The van der Waals surface area contributed by atoms with Crippen molar-refractivity contribution in [2.45, 2.75) is 17.4 Å². The summed E-state index contributed by atoms with van der Waals surface area (Å²) in [6, 6.07) is 9.14. The Morgan fingerprint density at radius 2 is 1.89 bits per heavy atom. The van der Waals surface area contributed by atoms with E-state index in [4.69, 9.17) is 0 Å². The zero-order valence-electron chi connectivity index (χ0n) is 10.5. The van der Waals surface area contributed by atoms with Crippen LogP contribution in [0.2, 0.25) is 0 Å². The first kappa shape index (κ1) is 12.1. The van der Waals surface area contributed by atoms with Crippen molar-refractivity contribution in [2.24, 2.45) is 5.92 Å². The summed E-state index contributed by atoms with van der Waals surface area (Å²) in [6.07, 6.45) is 1.11. The molecule has 0 unspecified atom stereocenters. The van der Waals surface area contributed by atoms with E-state index in [2.05, 4.69) is 11.9 Å². The second-order valence-corrected chi connectivity index (χ2v) is 7.17. The maximum atomic E-state index is 12.5. The first-order chi connectivity index (χ1) is 8.59. The molecular formula is C13H18N2O2S. The van der Waals surface area contributed by atoms with Crippen LogP contribution in [0.25, 0.3) is 0 Å². The van der Waals surface area contributed by atoms with Gasteiger partial charge in [-0.1, -0.05) is 18.2 Å². The average Bonchev–Trinajstić information content (AvgIpc) is 2.94. The van der Waals surface area contributed by atoms with Crippen molar-refractivity contribution in [2.75, 3.05) is 26.7 Å². The molecule has 0 aliphatic carbocycles. The Hall–Kier alpha value is -0.910. The summed E-state index contributed by atoms with van der Waals surface area (Å²) in [4.78, 5) is 2.69. The molecule has 0 spiro atoms. The van der Waals surface area contributed by atoms with Crippen LogP contribution in [-0.4, -0.2) is 50.3 Å². The number of rotatable bonds is 2. The van der Waals surface area contributed by atoms with Gasteiger partial charge < -0.3 is 4.90 Å². The van der Waals surface area contributed by atoms with E-state index in [0.29, 0.717) is 29.9 Å². The first-order valence-electron chi connectivity index (χ1n) is 6.34. The number of hydrogen-bond acceptors (Lipinski definition) is 3. The molecule has 2 atom stereocenters. The maximum absolute atomic E-state index is 12.5. The van der Waals surface area contributed by atoms with Crippen LogP contribution < -0.4 is 0 Å². The first-order valence-corrected chi connectivity index (χ1v) is 7.78. The molecule has 2 saturated heterocycles. The molecule has 2 heterocycles. The highest BCUT2D eigenvalue weighted by Crippen LogP contribution is 2.33. The number of sulfonamides is 1. The summed E-state index contributed by atoms with van der Waals surface area (Å²) in [7, 11) is -1.21. The summed E-state index contributed by atoms with van der Waals surface area (Å²) in [5.74, 6) is 0.508. The zero-order chi connectivity index (χ0) is 12.8. The second kappa shape index (κ2) is 4.33. The van der Waals surface area contributed by atoms with Crippen molar-refractivity contribution >= 4 is 10.0 Å². The van der Waals surface area contributed by atoms with Gasteiger partial charge in [-0.15, -0.1) is 0 Å². The summed E-state index contributed by atoms with van der Waals surface area (Å²) in [5.41, 5.74) is 0. The van der Waals surface area contributed by atoms with Gasteiger partial charge in [0.15, 0.2) is 0 Å². The normalized spacial score (nSPS) is 29.6. The highest BCUT2D eigenvalue weighted by molar-refractivity contribution is 7.89. The molecule has 4 nitrogen and oxygen atoms in total. The molecule has 2 aliphatic heterocycles. The van der Waals surface area contributed by atoms with Gasteiger partial charge in [0, 0.05) is 19.1 Å². The van der Waals surface area contributed by atoms with Crippen molar-refractivity contribution in [1.82, 2.24) is 9.21 Å². The number of fused-ring (bicyclic) bond motifs is 1. The Bertz CT molecular complexity index is 529. The van der Waals surface area contributed by atoms with E-state index in [-0.39, 0.29) is 0 Å². The fraction of sp³-hybridized carbons (Fsp3) is 0.538. The highest BCUT2D eigenvalue weighted by atomic mass is 32.2. The standard InChI is InChI=1S/C13H18N2O2S/c1-14-8-7-11-9-15(10-13(11)14)18(16,17)12-5-3-2-4-6-12/h2-6,11,13H,7-10H2,1H3/t11-,13+/m0/s1. The number of likely N-dealkylation sites (tertiary alicyclic amines) is 1. The smallest absolute Gasteiger partial charge is 0.243 e. The van der Waals surface area contributed by atoms with Crippen LogP contribution in [0.15, 0.2) is 35.2 Å².